The molecule has 0 radical (unpaired) electrons. The molecule has 2 heterocycles. The summed E-state index contributed by atoms with van der Waals surface area (Å²) in [5.74, 6) is -0.957. The zero-order chi connectivity index (χ0) is 20.1. The van der Waals surface area contributed by atoms with Crippen molar-refractivity contribution < 1.29 is 19.1 Å². The molecule has 1 amide bonds. The minimum absolute atomic E-state index is 0.0427. The van der Waals surface area contributed by atoms with Crippen LogP contribution in [-0.4, -0.2) is 39.5 Å². The molecular formula is C19H17N3O4S2. The Morgan fingerprint density at radius 3 is 2.64 bits per heavy atom. The molecule has 1 atom stereocenters. The van der Waals surface area contributed by atoms with Crippen LogP contribution < -0.4 is 5.32 Å². The quantitative estimate of drug-likeness (QED) is 0.273. The predicted molar refractivity (Wildman–Crippen MR) is 109 cm³/mol. The van der Waals surface area contributed by atoms with Gasteiger partial charge in [0, 0.05) is 23.6 Å². The van der Waals surface area contributed by atoms with E-state index in [0.29, 0.717) is 16.3 Å². The van der Waals surface area contributed by atoms with Gasteiger partial charge in [0.25, 0.3) is 0 Å². The highest BCUT2D eigenvalue weighted by Gasteiger charge is 2.20. The van der Waals surface area contributed by atoms with Crippen LogP contribution in [0.2, 0.25) is 0 Å². The monoisotopic (exact) mass is 415 g/mol. The molecular weight excluding hydrogens is 398 g/mol. The predicted octanol–water partition coefficient (Wildman–Crippen LogP) is 3.56. The number of aromatic nitrogens is 2. The van der Waals surface area contributed by atoms with Crippen molar-refractivity contribution in [2.24, 2.45) is 0 Å². The van der Waals surface area contributed by atoms with E-state index in [0.717, 1.165) is 10.2 Å². The topological polar surface area (TPSA) is 98.2 Å². The van der Waals surface area contributed by atoms with Crippen LogP contribution in [0.3, 0.4) is 0 Å². The average Bonchev–Trinajstić information content (AvgIpc) is 3.15. The molecule has 1 aromatic carbocycles. The van der Waals surface area contributed by atoms with E-state index >= 15 is 0 Å². The fourth-order valence-electron chi connectivity index (χ4n) is 2.45. The van der Waals surface area contributed by atoms with E-state index in [2.05, 4.69) is 15.3 Å². The summed E-state index contributed by atoms with van der Waals surface area (Å²) in [4.78, 5) is 44.8. The fraction of sp³-hybridized carbons (Fsp3) is 0.211. The number of anilines is 1. The third kappa shape index (κ3) is 4.93. The highest BCUT2D eigenvalue weighted by molar-refractivity contribution is 8.00. The molecule has 3 rings (SSSR count). The molecule has 144 valence electrons. The molecule has 0 aliphatic rings. The highest BCUT2D eigenvalue weighted by Crippen LogP contribution is 2.27. The third-order valence-electron chi connectivity index (χ3n) is 3.72. The lowest BCUT2D eigenvalue weighted by Gasteiger charge is -2.12. The molecule has 7 nitrogen and oxygen atoms in total. The molecule has 1 N–H and O–H groups in total. The van der Waals surface area contributed by atoms with Crippen LogP contribution in [0, 0.1) is 0 Å². The normalized spacial score (nSPS) is 11.8. The molecule has 0 fully saturated rings. The number of thiophene rings is 1. The molecule has 0 bridgehead atoms. The molecule has 9 heteroatoms. The van der Waals surface area contributed by atoms with Crippen molar-refractivity contribution in [1.82, 2.24) is 9.97 Å². The van der Waals surface area contributed by atoms with Crippen LogP contribution in [0.4, 0.5) is 5.69 Å². The Bertz CT molecular complexity index is 1020. The summed E-state index contributed by atoms with van der Waals surface area (Å²) in [6, 6.07) is 8.33. The Morgan fingerprint density at radius 1 is 1.18 bits per heavy atom. The molecule has 28 heavy (non-hydrogen) atoms. The molecule has 0 unspecified atom stereocenters. The second-order valence-electron chi connectivity index (χ2n) is 5.86. The number of nitrogens with one attached hydrogen (secondary N) is 1. The standard InChI is InChI=1S/C19H17N3O4S2/c1-11(17(25)13-3-5-14(6-4-13)22-12(2)23)26-16(24)9-28-19-15-7-8-27-18(15)20-10-21-19/h3-8,10-11H,9H2,1-2H3,(H,22,23)/t11-/m1/s1. The van der Waals surface area contributed by atoms with Gasteiger partial charge in [-0.25, -0.2) is 9.97 Å². The SMILES string of the molecule is CC(=O)Nc1ccc(C(=O)[C@@H](C)OC(=O)CSc2ncnc3sccc23)cc1. The van der Waals surface area contributed by atoms with Gasteiger partial charge in [-0.2, -0.15) is 0 Å². The first-order valence-corrected chi connectivity index (χ1v) is 10.2. The summed E-state index contributed by atoms with van der Waals surface area (Å²) >= 11 is 2.75. The molecule has 0 saturated heterocycles. The number of esters is 1. The minimum atomic E-state index is -0.911. The van der Waals surface area contributed by atoms with E-state index in [1.54, 1.807) is 24.3 Å². The van der Waals surface area contributed by atoms with Crippen LogP contribution in [0.1, 0.15) is 24.2 Å². The van der Waals surface area contributed by atoms with Gasteiger partial charge in [0.1, 0.15) is 16.2 Å². The Hall–Kier alpha value is -2.78. The lowest BCUT2D eigenvalue weighted by Crippen LogP contribution is -2.25. The van der Waals surface area contributed by atoms with Gasteiger partial charge in [0.15, 0.2) is 6.10 Å². The average molecular weight is 415 g/mol. The summed E-state index contributed by atoms with van der Waals surface area (Å²) in [6.45, 7) is 2.94. The summed E-state index contributed by atoms with van der Waals surface area (Å²) in [6.07, 6.45) is 0.551. The summed E-state index contributed by atoms with van der Waals surface area (Å²) in [5, 5.41) is 6.15. The number of nitrogens with zero attached hydrogens (tertiary/aromatic N) is 2. The van der Waals surface area contributed by atoms with E-state index in [-0.39, 0.29) is 17.4 Å². The minimum Gasteiger partial charge on any atom is -0.454 e. The van der Waals surface area contributed by atoms with Gasteiger partial charge < -0.3 is 10.1 Å². The number of Topliss-reactive ketones (excluding diaryl/α,β-unsaturated/α-hetero) is 1. The largest absolute Gasteiger partial charge is 0.454 e. The Kier molecular flexibility index (Phi) is 6.37. The van der Waals surface area contributed by atoms with Crippen LogP contribution in [-0.2, 0) is 14.3 Å². The number of ketones is 1. The summed E-state index contributed by atoms with van der Waals surface area (Å²) < 4.78 is 5.26. The molecule has 0 saturated carbocycles. The van der Waals surface area contributed by atoms with Gasteiger partial charge in [-0.1, -0.05) is 11.8 Å². The number of carbonyl (C=O) groups excluding carboxylic acids is 3. The van der Waals surface area contributed by atoms with Crippen molar-refractivity contribution in [3.8, 4) is 0 Å². The zero-order valence-electron chi connectivity index (χ0n) is 15.2. The van der Waals surface area contributed by atoms with E-state index in [9.17, 15) is 14.4 Å². The smallest absolute Gasteiger partial charge is 0.317 e. The summed E-state index contributed by atoms with van der Waals surface area (Å²) in [7, 11) is 0. The second-order valence-corrected chi connectivity index (χ2v) is 7.72. The number of amides is 1. The molecule has 0 spiro atoms. The number of carbonyl (C=O) groups is 3. The first-order valence-electron chi connectivity index (χ1n) is 8.36. The van der Waals surface area contributed by atoms with Crippen LogP contribution in [0.5, 0.6) is 0 Å². The fourth-order valence-corrected chi connectivity index (χ4v) is 4.01. The van der Waals surface area contributed by atoms with Gasteiger partial charge in [0.2, 0.25) is 11.7 Å². The van der Waals surface area contributed by atoms with Gasteiger partial charge in [-0.05, 0) is 42.6 Å². The second kappa shape index (κ2) is 8.94. The van der Waals surface area contributed by atoms with Gasteiger partial charge in [-0.3, -0.25) is 14.4 Å². The number of ether oxygens (including phenoxy) is 1. The van der Waals surface area contributed by atoms with Gasteiger partial charge in [0.05, 0.1) is 5.75 Å². The Morgan fingerprint density at radius 2 is 1.93 bits per heavy atom. The first-order chi connectivity index (χ1) is 13.4. The van der Waals surface area contributed by atoms with E-state index in [4.69, 9.17) is 4.74 Å². The van der Waals surface area contributed by atoms with Crippen LogP contribution in [0.15, 0.2) is 47.1 Å². The number of thioether (sulfide) groups is 1. The van der Waals surface area contributed by atoms with Crippen LogP contribution in [0.25, 0.3) is 10.2 Å². The number of hydrogen-bond donors (Lipinski definition) is 1. The van der Waals surface area contributed by atoms with Crippen LogP contribution >= 0.6 is 23.1 Å². The summed E-state index contributed by atoms with van der Waals surface area (Å²) in [5.41, 5.74) is 0.993. The molecule has 0 aliphatic heterocycles. The van der Waals surface area contributed by atoms with Crippen molar-refractivity contribution in [2.75, 3.05) is 11.1 Å². The van der Waals surface area contributed by atoms with E-state index < -0.39 is 12.1 Å². The third-order valence-corrected chi connectivity index (χ3v) is 5.52. The Balaban J connectivity index is 1.55. The van der Waals surface area contributed by atoms with Crippen molar-refractivity contribution in [2.45, 2.75) is 25.0 Å². The van der Waals surface area contributed by atoms with E-state index in [1.807, 2.05) is 11.4 Å². The lowest BCUT2D eigenvalue weighted by atomic mass is 10.1. The molecule has 2 aromatic heterocycles. The van der Waals surface area contributed by atoms with Crippen molar-refractivity contribution in [1.29, 1.82) is 0 Å². The number of benzene rings is 1. The molecule has 3 aromatic rings. The number of fused-ring (bicyclic) bond motifs is 1. The van der Waals surface area contributed by atoms with E-state index in [1.165, 1.54) is 43.3 Å². The highest BCUT2D eigenvalue weighted by atomic mass is 32.2. The maximum absolute atomic E-state index is 12.4. The molecule has 0 aliphatic carbocycles. The number of hydrogen-bond acceptors (Lipinski definition) is 8. The Labute approximate surface area is 169 Å². The number of rotatable bonds is 7. The van der Waals surface area contributed by atoms with Gasteiger partial charge in [-0.15, -0.1) is 11.3 Å². The zero-order valence-corrected chi connectivity index (χ0v) is 16.8. The maximum atomic E-state index is 12.4. The maximum Gasteiger partial charge on any atom is 0.317 e. The van der Waals surface area contributed by atoms with Gasteiger partial charge >= 0.3 is 5.97 Å². The first kappa shape index (κ1) is 20.0. The van der Waals surface area contributed by atoms with Crippen molar-refractivity contribution in [3.63, 3.8) is 0 Å². The van der Waals surface area contributed by atoms with Crippen molar-refractivity contribution >= 4 is 56.7 Å². The van der Waals surface area contributed by atoms with Crippen molar-refractivity contribution in [3.05, 3.63) is 47.6 Å². The lowest BCUT2D eigenvalue weighted by molar-refractivity contribution is -0.143.